The van der Waals surface area contributed by atoms with E-state index in [0.29, 0.717) is 0 Å². The van der Waals surface area contributed by atoms with Crippen LogP contribution in [0.25, 0.3) is 0 Å². The number of benzene rings is 1. The van der Waals surface area contributed by atoms with E-state index < -0.39 is 29.4 Å². The van der Waals surface area contributed by atoms with Crippen LogP contribution < -0.4 is 5.32 Å². The topological polar surface area (TPSA) is 46.9 Å². The molecule has 1 heterocycles. The van der Waals surface area contributed by atoms with Crippen LogP contribution in [0.1, 0.15) is 34.6 Å². The number of rotatable bonds is 3. The quantitative estimate of drug-likeness (QED) is 0.947. The Kier molecular flexibility index (Phi) is 4.02. The van der Waals surface area contributed by atoms with E-state index in [0.717, 1.165) is 16.4 Å². The Morgan fingerprint density at radius 2 is 1.90 bits per heavy atom. The molecule has 2 rings (SSSR count). The largest absolute Gasteiger partial charge is 0.435 e. The van der Waals surface area contributed by atoms with Gasteiger partial charge >= 0.3 is 6.18 Å². The number of carbonyl (C=O) groups is 1. The number of aryl methyl sites for hydroxylation is 1. The summed E-state index contributed by atoms with van der Waals surface area (Å²) < 4.78 is 39.5. The first-order valence-electron chi connectivity index (χ1n) is 6.25. The Hall–Kier alpha value is -2.31. The second kappa shape index (κ2) is 5.59. The van der Waals surface area contributed by atoms with Crippen LogP contribution in [0.3, 0.4) is 0 Å². The monoisotopic (exact) mass is 297 g/mol. The van der Waals surface area contributed by atoms with E-state index in [1.54, 1.807) is 31.2 Å². The molecule has 0 fully saturated rings. The van der Waals surface area contributed by atoms with Gasteiger partial charge in [0.1, 0.15) is 0 Å². The van der Waals surface area contributed by atoms with E-state index in [4.69, 9.17) is 0 Å². The predicted molar refractivity (Wildman–Crippen MR) is 70.5 cm³/mol. The molecule has 1 atom stereocenters. The molecular formula is C14H14F3N3O. The molecular weight excluding hydrogens is 283 g/mol. The third kappa shape index (κ3) is 3.42. The normalized spacial score (nSPS) is 13.0. The Morgan fingerprint density at radius 1 is 1.29 bits per heavy atom. The molecule has 1 aromatic carbocycles. The van der Waals surface area contributed by atoms with Crippen LogP contribution in [-0.4, -0.2) is 15.7 Å². The highest BCUT2D eigenvalue weighted by Crippen LogP contribution is 2.30. The first-order chi connectivity index (χ1) is 9.79. The molecule has 0 aliphatic carbocycles. The number of carbonyl (C=O) groups excluding carboxylic acids is 1. The summed E-state index contributed by atoms with van der Waals surface area (Å²) in [6.45, 7) is 1.71. The second-order valence-corrected chi connectivity index (χ2v) is 4.67. The van der Waals surface area contributed by atoms with Gasteiger partial charge in [0.2, 0.25) is 0 Å². The maximum atomic E-state index is 12.8. The molecule has 0 aliphatic heterocycles. The lowest BCUT2D eigenvalue weighted by molar-refractivity contribution is -0.141. The summed E-state index contributed by atoms with van der Waals surface area (Å²) in [5, 5.41) is 5.86. The van der Waals surface area contributed by atoms with Crippen molar-refractivity contribution in [3.63, 3.8) is 0 Å². The molecule has 0 saturated heterocycles. The maximum absolute atomic E-state index is 12.8. The first kappa shape index (κ1) is 15.1. The van der Waals surface area contributed by atoms with Gasteiger partial charge in [-0.1, -0.05) is 30.3 Å². The van der Waals surface area contributed by atoms with Crippen LogP contribution in [0.2, 0.25) is 0 Å². The number of halogens is 3. The van der Waals surface area contributed by atoms with Gasteiger partial charge in [0.25, 0.3) is 5.91 Å². The molecule has 0 aliphatic rings. The molecule has 1 amide bonds. The maximum Gasteiger partial charge on any atom is 0.435 e. The lowest BCUT2D eigenvalue weighted by Crippen LogP contribution is -2.28. The molecule has 1 N–H and O–H groups in total. The molecule has 7 heteroatoms. The lowest BCUT2D eigenvalue weighted by Gasteiger charge is -2.14. The summed E-state index contributed by atoms with van der Waals surface area (Å²) >= 11 is 0. The van der Waals surface area contributed by atoms with Gasteiger partial charge < -0.3 is 5.32 Å². The number of hydrogen-bond acceptors (Lipinski definition) is 2. The highest BCUT2D eigenvalue weighted by molar-refractivity contribution is 5.95. The summed E-state index contributed by atoms with van der Waals surface area (Å²) in [6.07, 6.45) is -3.60. The highest BCUT2D eigenvalue weighted by atomic mass is 19.4. The summed E-state index contributed by atoms with van der Waals surface area (Å²) in [5.74, 6) is -0.799. The number of amides is 1. The molecule has 4 nitrogen and oxygen atoms in total. The van der Waals surface area contributed by atoms with Crippen LogP contribution >= 0.6 is 0 Å². The van der Waals surface area contributed by atoms with Crippen LogP contribution in [0.5, 0.6) is 0 Å². The number of aromatic nitrogens is 2. The summed E-state index contributed by atoms with van der Waals surface area (Å²) in [4.78, 5) is 12.0. The predicted octanol–water partition coefficient (Wildman–Crippen LogP) is 2.93. The SMILES string of the molecule is C[C@H](NC(=O)c1cn(C)nc1C(F)(F)F)c1ccccc1. The van der Waals surface area contributed by atoms with Gasteiger partial charge in [-0.3, -0.25) is 9.48 Å². The van der Waals surface area contributed by atoms with Crippen molar-refractivity contribution >= 4 is 5.91 Å². The molecule has 112 valence electrons. The minimum atomic E-state index is -4.66. The molecule has 0 unspecified atom stereocenters. The van der Waals surface area contributed by atoms with Gasteiger partial charge in [-0.05, 0) is 12.5 Å². The zero-order valence-electron chi connectivity index (χ0n) is 11.5. The minimum Gasteiger partial charge on any atom is -0.345 e. The van der Waals surface area contributed by atoms with Gasteiger partial charge in [0.05, 0.1) is 11.6 Å². The summed E-state index contributed by atoms with van der Waals surface area (Å²) in [7, 11) is 1.34. The van der Waals surface area contributed by atoms with Crippen molar-refractivity contribution in [2.45, 2.75) is 19.1 Å². The van der Waals surface area contributed by atoms with Gasteiger partial charge in [0.15, 0.2) is 5.69 Å². The van der Waals surface area contributed by atoms with Crippen LogP contribution in [-0.2, 0) is 13.2 Å². The van der Waals surface area contributed by atoms with E-state index in [9.17, 15) is 18.0 Å². The molecule has 1 aromatic heterocycles. The number of hydrogen-bond donors (Lipinski definition) is 1. The fourth-order valence-corrected chi connectivity index (χ4v) is 1.96. The molecule has 0 bridgehead atoms. The van der Waals surface area contributed by atoms with E-state index in [1.165, 1.54) is 7.05 Å². The first-order valence-corrected chi connectivity index (χ1v) is 6.25. The van der Waals surface area contributed by atoms with Crippen molar-refractivity contribution in [3.05, 3.63) is 53.3 Å². The van der Waals surface area contributed by atoms with Crippen molar-refractivity contribution < 1.29 is 18.0 Å². The Labute approximate surface area is 119 Å². The fourth-order valence-electron chi connectivity index (χ4n) is 1.96. The smallest absolute Gasteiger partial charge is 0.345 e. The third-order valence-electron chi connectivity index (χ3n) is 2.99. The summed E-state index contributed by atoms with van der Waals surface area (Å²) in [6, 6.07) is 8.59. The van der Waals surface area contributed by atoms with Crippen LogP contribution in [0.4, 0.5) is 13.2 Å². The number of alkyl halides is 3. The average molecular weight is 297 g/mol. The van der Waals surface area contributed by atoms with Gasteiger partial charge in [0, 0.05) is 13.2 Å². The summed E-state index contributed by atoms with van der Waals surface area (Å²) in [5.41, 5.74) is -0.848. The third-order valence-corrected chi connectivity index (χ3v) is 2.99. The highest BCUT2D eigenvalue weighted by Gasteiger charge is 2.39. The zero-order valence-corrected chi connectivity index (χ0v) is 11.5. The van der Waals surface area contributed by atoms with Crippen molar-refractivity contribution in [3.8, 4) is 0 Å². The average Bonchev–Trinajstić information content (AvgIpc) is 2.82. The van der Waals surface area contributed by atoms with E-state index in [2.05, 4.69) is 10.4 Å². The zero-order chi connectivity index (χ0) is 15.6. The standard InChI is InChI=1S/C14H14F3N3O/c1-9(10-6-4-3-5-7-10)18-13(21)11-8-20(2)19-12(11)14(15,16)17/h3-9H,1-2H3,(H,18,21)/t9-/m0/s1. The number of nitrogens with one attached hydrogen (secondary N) is 1. The van der Waals surface area contributed by atoms with E-state index in [-0.39, 0.29) is 0 Å². The molecule has 2 aromatic rings. The van der Waals surface area contributed by atoms with Gasteiger partial charge in [-0.25, -0.2) is 0 Å². The Morgan fingerprint density at radius 3 is 2.48 bits per heavy atom. The lowest BCUT2D eigenvalue weighted by atomic mass is 10.1. The minimum absolute atomic E-state index is 0.403. The van der Waals surface area contributed by atoms with Gasteiger partial charge in [-0.15, -0.1) is 0 Å². The fraction of sp³-hybridized carbons (Fsp3) is 0.286. The molecule has 0 saturated carbocycles. The van der Waals surface area contributed by atoms with Crippen LogP contribution in [0.15, 0.2) is 36.5 Å². The molecule has 0 radical (unpaired) electrons. The van der Waals surface area contributed by atoms with Crippen molar-refractivity contribution in [1.29, 1.82) is 0 Å². The van der Waals surface area contributed by atoms with E-state index in [1.807, 2.05) is 6.07 Å². The van der Waals surface area contributed by atoms with Crippen molar-refractivity contribution in [2.24, 2.45) is 7.05 Å². The Bertz CT molecular complexity index is 635. The Balaban J connectivity index is 2.22. The van der Waals surface area contributed by atoms with Crippen molar-refractivity contribution in [1.82, 2.24) is 15.1 Å². The van der Waals surface area contributed by atoms with Gasteiger partial charge in [-0.2, -0.15) is 18.3 Å². The molecule has 21 heavy (non-hydrogen) atoms. The second-order valence-electron chi connectivity index (χ2n) is 4.67. The van der Waals surface area contributed by atoms with Crippen LogP contribution in [0, 0.1) is 0 Å². The molecule has 0 spiro atoms. The van der Waals surface area contributed by atoms with E-state index >= 15 is 0 Å². The number of nitrogens with zero attached hydrogens (tertiary/aromatic N) is 2. The van der Waals surface area contributed by atoms with Crippen molar-refractivity contribution in [2.75, 3.05) is 0 Å².